The number of hydrogen-bond acceptors (Lipinski definition) is 4. The van der Waals surface area contributed by atoms with Crippen molar-refractivity contribution in [3.8, 4) is 0 Å². The molecule has 3 fully saturated rings. The molecule has 0 bridgehead atoms. The first-order valence-corrected chi connectivity index (χ1v) is 10.4. The lowest BCUT2D eigenvalue weighted by Crippen LogP contribution is -2.57. The number of amides is 3. The summed E-state index contributed by atoms with van der Waals surface area (Å²) < 4.78 is 5.33. The third-order valence-corrected chi connectivity index (χ3v) is 6.03. The number of carbonyl (C=O) groups is 2. The second-order valence-electron chi connectivity index (χ2n) is 7.90. The van der Waals surface area contributed by atoms with Gasteiger partial charge in [0.05, 0.1) is 12.5 Å². The SMILES string of the molecule is O=C(C1CCOC1)N1CCN(C(=O)N2CCN(Cc3ccccc3)CC2)CC1. The highest BCUT2D eigenvalue weighted by Crippen LogP contribution is 2.18. The van der Waals surface area contributed by atoms with Crippen molar-refractivity contribution in [1.29, 1.82) is 0 Å². The van der Waals surface area contributed by atoms with Gasteiger partial charge in [0.25, 0.3) is 0 Å². The number of carbonyl (C=O) groups excluding carboxylic acids is 2. The first-order valence-electron chi connectivity index (χ1n) is 10.4. The molecule has 0 radical (unpaired) electrons. The highest BCUT2D eigenvalue weighted by molar-refractivity contribution is 5.80. The molecule has 3 heterocycles. The van der Waals surface area contributed by atoms with Gasteiger partial charge in [0, 0.05) is 65.5 Å². The summed E-state index contributed by atoms with van der Waals surface area (Å²) in [4.78, 5) is 33.5. The second-order valence-corrected chi connectivity index (χ2v) is 7.90. The van der Waals surface area contributed by atoms with Crippen molar-refractivity contribution in [1.82, 2.24) is 19.6 Å². The molecule has 0 aromatic heterocycles. The van der Waals surface area contributed by atoms with Crippen molar-refractivity contribution in [2.45, 2.75) is 13.0 Å². The Balaban J connectivity index is 1.21. The van der Waals surface area contributed by atoms with Crippen molar-refractivity contribution in [2.24, 2.45) is 5.92 Å². The molecule has 152 valence electrons. The molecule has 3 aliphatic rings. The molecule has 1 atom stereocenters. The fourth-order valence-electron chi connectivity index (χ4n) is 4.24. The molecule has 1 unspecified atom stereocenters. The van der Waals surface area contributed by atoms with Crippen LogP contribution in [0.3, 0.4) is 0 Å². The molecule has 1 aromatic rings. The lowest BCUT2D eigenvalue weighted by Gasteiger charge is -2.41. The molecule has 7 heteroatoms. The van der Waals surface area contributed by atoms with E-state index in [-0.39, 0.29) is 17.9 Å². The smallest absolute Gasteiger partial charge is 0.320 e. The van der Waals surface area contributed by atoms with E-state index < -0.39 is 0 Å². The van der Waals surface area contributed by atoms with Crippen LogP contribution < -0.4 is 0 Å². The van der Waals surface area contributed by atoms with Crippen LogP contribution in [0.1, 0.15) is 12.0 Å². The van der Waals surface area contributed by atoms with Gasteiger partial charge in [-0.25, -0.2) is 4.79 Å². The molecule has 4 rings (SSSR count). The van der Waals surface area contributed by atoms with Gasteiger partial charge >= 0.3 is 6.03 Å². The number of ether oxygens (including phenoxy) is 1. The quantitative estimate of drug-likeness (QED) is 0.781. The molecule has 28 heavy (non-hydrogen) atoms. The van der Waals surface area contributed by atoms with E-state index in [1.165, 1.54) is 5.56 Å². The van der Waals surface area contributed by atoms with Gasteiger partial charge in [0.1, 0.15) is 0 Å². The maximum absolute atomic E-state index is 12.9. The van der Waals surface area contributed by atoms with Gasteiger partial charge in [-0.05, 0) is 12.0 Å². The van der Waals surface area contributed by atoms with Gasteiger partial charge in [-0.2, -0.15) is 0 Å². The number of urea groups is 1. The largest absolute Gasteiger partial charge is 0.381 e. The molecule has 7 nitrogen and oxygen atoms in total. The van der Waals surface area contributed by atoms with Gasteiger partial charge < -0.3 is 19.4 Å². The standard InChI is InChI=1S/C21H30N4O3/c26-20(19-6-15-28-17-19)23-11-13-25(14-12-23)21(27)24-9-7-22(8-10-24)16-18-4-2-1-3-5-18/h1-5,19H,6-17H2. The Morgan fingerprint density at radius 3 is 2.07 bits per heavy atom. The van der Waals surface area contributed by atoms with Crippen LogP contribution in [-0.4, -0.2) is 97.1 Å². The zero-order chi connectivity index (χ0) is 19.3. The number of piperazine rings is 2. The van der Waals surface area contributed by atoms with Crippen LogP contribution in [0, 0.1) is 5.92 Å². The Morgan fingerprint density at radius 2 is 1.46 bits per heavy atom. The fraction of sp³-hybridized carbons (Fsp3) is 0.619. The Bertz CT molecular complexity index is 661. The number of nitrogens with zero attached hydrogens (tertiary/aromatic N) is 4. The molecule has 0 saturated carbocycles. The van der Waals surface area contributed by atoms with E-state index in [0.29, 0.717) is 39.4 Å². The number of benzene rings is 1. The summed E-state index contributed by atoms with van der Waals surface area (Å²) in [5.41, 5.74) is 1.32. The minimum absolute atomic E-state index is 0.0138. The predicted molar refractivity (Wildman–Crippen MR) is 106 cm³/mol. The topological polar surface area (TPSA) is 56.3 Å². The van der Waals surface area contributed by atoms with Crippen LogP contribution in [-0.2, 0) is 16.1 Å². The van der Waals surface area contributed by atoms with Crippen molar-refractivity contribution in [3.63, 3.8) is 0 Å². The molecular formula is C21H30N4O3. The summed E-state index contributed by atoms with van der Waals surface area (Å²) >= 11 is 0. The summed E-state index contributed by atoms with van der Waals surface area (Å²) in [7, 11) is 0. The third-order valence-electron chi connectivity index (χ3n) is 6.03. The van der Waals surface area contributed by atoms with Crippen LogP contribution in [0.4, 0.5) is 4.79 Å². The first-order chi connectivity index (χ1) is 13.7. The third kappa shape index (κ3) is 4.47. The van der Waals surface area contributed by atoms with E-state index in [1.807, 2.05) is 20.8 Å². The Morgan fingerprint density at radius 1 is 0.857 bits per heavy atom. The normalized spacial score (nSPS) is 23.9. The molecule has 3 aliphatic heterocycles. The molecule has 3 amide bonds. The van der Waals surface area contributed by atoms with E-state index in [0.717, 1.165) is 39.1 Å². The van der Waals surface area contributed by atoms with Crippen LogP contribution in [0.15, 0.2) is 30.3 Å². The minimum Gasteiger partial charge on any atom is -0.381 e. The van der Waals surface area contributed by atoms with Crippen LogP contribution in [0.2, 0.25) is 0 Å². The minimum atomic E-state index is 0.0138. The summed E-state index contributed by atoms with van der Waals surface area (Å²) in [6, 6.07) is 10.6. The zero-order valence-corrected chi connectivity index (χ0v) is 16.5. The van der Waals surface area contributed by atoms with E-state index in [4.69, 9.17) is 4.74 Å². The van der Waals surface area contributed by atoms with E-state index >= 15 is 0 Å². The highest BCUT2D eigenvalue weighted by atomic mass is 16.5. The van der Waals surface area contributed by atoms with Crippen LogP contribution >= 0.6 is 0 Å². The average Bonchev–Trinajstić information content (AvgIpc) is 3.29. The maximum Gasteiger partial charge on any atom is 0.320 e. The number of rotatable bonds is 3. The number of hydrogen-bond donors (Lipinski definition) is 0. The average molecular weight is 386 g/mol. The molecular weight excluding hydrogens is 356 g/mol. The molecule has 0 spiro atoms. The Labute approximate surface area is 166 Å². The van der Waals surface area contributed by atoms with Crippen molar-refractivity contribution in [3.05, 3.63) is 35.9 Å². The van der Waals surface area contributed by atoms with E-state index in [1.54, 1.807) is 0 Å². The van der Waals surface area contributed by atoms with Crippen LogP contribution in [0.25, 0.3) is 0 Å². The summed E-state index contributed by atoms with van der Waals surface area (Å²) in [5.74, 6) is 0.207. The van der Waals surface area contributed by atoms with Gasteiger partial charge in [-0.1, -0.05) is 30.3 Å². The van der Waals surface area contributed by atoms with Gasteiger partial charge in [0.15, 0.2) is 0 Å². The predicted octanol–water partition coefficient (Wildman–Crippen LogP) is 1.10. The first kappa shape index (κ1) is 19.2. The van der Waals surface area contributed by atoms with Crippen molar-refractivity contribution in [2.75, 3.05) is 65.6 Å². The zero-order valence-electron chi connectivity index (χ0n) is 16.5. The van der Waals surface area contributed by atoms with E-state index in [2.05, 4.69) is 29.2 Å². The Hall–Kier alpha value is -2.12. The van der Waals surface area contributed by atoms with Crippen LogP contribution in [0.5, 0.6) is 0 Å². The van der Waals surface area contributed by atoms with Crippen molar-refractivity contribution < 1.29 is 14.3 Å². The summed E-state index contributed by atoms with van der Waals surface area (Å²) in [6.07, 6.45) is 0.825. The lowest BCUT2D eigenvalue weighted by atomic mass is 10.1. The molecule has 1 aromatic carbocycles. The van der Waals surface area contributed by atoms with Gasteiger partial charge in [0.2, 0.25) is 5.91 Å². The summed E-state index contributed by atoms with van der Waals surface area (Å²) in [6.45, 7) is 8.04. The van der Waals surface area contributed by atoms with Gasteiger partial charge in [-0.3, -0.25) is 9.69 Å². The second kappa shape index (κ2) is 8.92. The van der Waals surface area contributed by atoms with E-state index in [9.17, 15) is 9.59 Å². The van der Waals surface area contributed by atoms with Crippen molar-refractivity contribution >= 4 is 11.9 Å². The molecule has 0 aliphatic carbocycles. The Kier molecular flexibility index (Phi) is 6.12. The lowest BCUT2D eigenvalue weighted by molar-refractivity contribution is -0.137. The summed E-state index contributed by atoms with van der Waals surface area (Å²) in [5, 5.41) is 0. The monoisotopic (exact) mass is 386 g/mol. The van der Waals surface area contributed by atoms with Gasteiger partial charge in [-0.15, -0.1) is 0 Å². The molecule has 0 N–H and O–H groups in total. The molecule has 3 saturated heterocycles. The highest BCUT2D eigenvalue weighted by Gasteiger charge is 2.32. The fourth-order valence-corrected chi connectivity index (χ4v) is 4.24. The maximum atomic E-state index is 12.9.